The minimum atomic E-state index is -1.07. The fourth-order valence-corrected chi connectivity index (χ4v) is 2.45. The minimum absolute atomic E-state index is 0.311. The first-order chi connectivity index (χ1) is 9.47. The summed E-state index contributed by atoms with van der Waals surface area (Å²) in [6, 6.07) is 9.71. The van der Waals surface area contributed by atoms with E-state index in [-0.39, 0.29) is 0 Å². The molecule has 0 aromatic heterocycles. The van der Waals surface area contributed by atoms with Crippen LogP contribution in [0.25, 0.3) is 0 Å². The molecule has 1 unspecified atom stereocenters. The molecule has 0 aliphatic rings. The Morgan fingerprint density at radius 2 is 1.95 bits per heavy atom. The van der Waals surface area contributed by atoms with E-state index < -0.39 is 11.5 Å². The summed E-state index contributed by atoms with van der Waals surface area (Å²) in [7, 11) is 1.71. The Labute approximate surface area is 121 Å². The quantitative estimate of drug-likeness (QED) is 0.766. The van der Waals surface area contributed by atoms with E-state index in [4.69, 9.17) is 0 Å². The van der Waals surface area contributed by atoms with Crippen LogP contribution in [-0.4, -0.2) is 42.2 Å². The van der Waals surface area contributed by atoms with Crippen molar-refractivity contribution in [3.8, 4) is 0 Å². The van der Waals surface area contributed by atoms with E-state index >= 15 is 0 Å². The average Bonchev–Trinajstić information content (AvgIpc) is 2.44. The maximum atomic E-state index is 11.9. The molecule has 0 amide bonds. The molecule has 0 bridgehead atoms. The molecule has 4 heteroatoms. The molecule has 0 aliphatic carbocycles. The van der Waals surface area contributed by atoms with Crippen LogP contribution in [0.3, 0.4) is 0 Å². The summed E-state index contributed by atoms with van der Waals surface area (Å²) < 4.78 is 0. The van der Waals surface area contributed by atoms with Gasteiger partial charge in [-0.15, -0.1) is 0 Å². The van der Waals surface area contributed by atoms with Crippen molar-refractivity contribution in [1.82, 2.24) is 10.2 Å². The van der Waals surface area contributed by atoms with Gasteiger partial charge in [0.15, 0.2) is 5.54 Å². The van der Waals surface area contributed by atoms with E-state index in [0.717, 1.165) is 18.5 Å². The second-order valence-corrected chi connectivity index (χ2v) is 5.39. The highest BCUT2D eigenvalue weighted by Gasteiger charge is 2.40. The molecule has 0 saturated heterocycles. The highest BCUT2D eigenvalue weighted by molar-refractivity contribution is 5.81. The average molecular weight is 278 g/mol. The standard InChI is InChI=1S/C16H26N2O2/c1-5-11-18(13(2)3)12-16(17-4,15(19)20)14-9-7-6-8-10-14/h6-10,13,17H,5,11-12H2,1-4H3,(H,19,20). The van der Waals surface area contributed by atoms with Crippen molar-refractivity contribution in [2.45, 2.75) is 38.8 Å². The normalized spacial score (nSPS) is 14.5. The van der Waals surface area contributed by atoms with Crippen LogP contribution in [0.5, 0.6) is 0 Å². The first kappa shape index (κ1) is 16.7. The number of hydrogen-bond acceptors (Lipinski definition) is 3. The van der Waals surface area contributed by atoms with E-state index in [9.17, 15) is 9.90 Å². The van der Waals surface area contributed by atoms with Gasteiger partial charge < -0.3 is 10.4 Å². The third kappa shape index (κ3) is 3.58. The van der Waals surface area contributed by atoms with Gasteiger partial charge in [0.05, 0.1) is 0 Å². The summed E-state index contributed by atoms with van der Waals surface area (Å²) in [5.41, 5.74) is -0.280. The van der Waals surface area contributed by atoms with Crippen molar-refractivity contribution < 1.29 is 9.90 Å². The van der Waals surface area contributed by atoms with Gasteiger partial charge in [-0.05, 0) is 39.4 Å². The molecule has 1 rings (SSSR count). The van der Waals surface area contributed by atoms with Crippen molar-refractivity contribution in [2.75, 3.05) is 20.1 Å². The van der Waals surface area contributed by atoms with E-state index in [1.807, 2.05) is 30.3 Å². The number of aliphatic carboxylic acids is 1. The van der Waals surface area contributed by atoms with Crippen LogP contribution in [-0.2, 0) is 10.3 Å². The monoisotopic (exact) mass is 278 g/mol. The number of rotatable bonds is 8. The molecule has 4 nitrogen and oxygen atoms in total. The first-order valence-electron chi connectivity index (χ1n) is 7.19. The smallest absolute Gasteiger partial charge is 0.329 e. The third-order valence-electron chi connectivity index (χ3n) is 3.74. The molecule has 0 spiro atoms. The van der Waals surface area contributed by atoms with Gasteiger partial charge in [-0.2, -0.15) is 0 Å². The Kier molecular flexibility index (Phi) is 6.17. The zero-order valence-electron chi connectivity index (χ0n) is 12.9. The molecule has 20 heavy (non-hydrogen) atoms. The van der Waals surface area contributed by atoms with Gasteiger partial charge in [-0.25, -0.2) is 4.79 Å². The van der Waals surface area contributed by atoms with Gasteiger partial charge in [0.1, 0.15) is 0 Å². The molecule has 2 N–H and O–H groups in total. The van der Waals surface area contributed by atoms with Gasteiger partial charge in [0.25, 0.3) is 0 Å². The van der Waals surface area contributed by atoms with E-state index in [0.29, 0.717) is 12.6 Å². The largest absolute Gasteiger partial charge is 0.480 e. The lowest BCUT2D eigenvalue weighted by molar-refractivity contribution is -0.146. The number of likely N-dealkylation sites (N-methyl/N-ethyl adjacent to an activating group) is 1. The SMILES string of the molecule is CCCN(CC(NC)(C(=O)O)c1ccccc1)C(C)C. The van der Waals surface area contributed by atoms with Crippen LogP contribution in [0.1, 0.15) is 32.8 Å². The predicted molar refractivity (Wildman–Crippen MR) is 81.8 cm³/mol. The van der Waals surface area contributed by atoms with Crippen LogP contribution in [0.4, 0.5) is 0 Å². The van der Waals surface area contributed by atoms with E-state index in [2.05, 4.69) is 31.0 Å². The number of nitrogens with zero attached hydrogens (tertiary/aromatic N) is 1. The Hall–Kier alpha value is -1.39. The Bertz CT molecular complexity index is 420. The van der Waals surface area contributed by atoms with Gasteiger partial charge in [0.2, 0.25) is 0 Å². The number of carboxylic acid groups (broad SMARTS) is 1. The second kappa shape index (κ2) is 7.41. The molecule has 0 saturated carbocycles. The van der Waals surface area contributed by atoms with Gasteiger partial charge >= 0.3 is 5.97 Å². The van der Waals surface area contributed by atoms with Crippen molar-refractivity contribution >= 4 is 5.97 Å². The summed E-state index contributed by atoms with van der Waals surface area (Å²) in [5.74, 6) is -0.840. The summed E-state index contributed by atoms with van der Waals surface area (Å²) in [6.45, 7) is 7.65. The highest BCUT2D eigenvalue weighted by atomic mass is 16.4. The first-order valence-corrected chi connectivity index (χ1v) is 7.19. The van der Waals surface area contributed by atoms with Gasteiger partial charge in [-0.3, -0.25) is 4.90 Å². The van der Waals surface area contributed by atoms with Crippen LogP contribution in [0.2, 0.25) is 0 Å². The predicted octanol–water partition coefficient (Wildman–Crippen LogP) is 2.31. The van der Waals surface area contributed by atoms with Crippen LogP contribution in [0, 0.1) is 0 Å². The maximum Gasteiger partial charge on any atom is 0.329 e. The third-order valence-corrected chi connectivity index (χ3v) is 3.74. The molecule has 112 valence electrons. The zero-order chi connectivity index (χ0) is 15.2. The molecule has 0 fully saturated rings. The Balaban J connectivity index is 3.15. The topological polar surface area (TPSA) is 52.6 Å². The zero-order valence-corrected chi connectivity index (χ0v) is 12.9. The lowest BCUT2D eigenvalue weighted by Crippen LogP contribution is -2.56. The summed E-state index contributed by atoms with van der Waals surface area (Å²) in [5, 5.41) is 12.8. The number of nitrogens with one attached hydrogen (secondary N) is 1. The van der Waals surface area contributed by atoms with Crippen molar-refractivity contribution in [1.29, 1.82) is 0 Å². The van der Waals surface area contributed by atoms with Gasteiger partial charge in [-0.1, -0.05) is 37.3 Å². The minimum Gasteiger partial charge on any atom is -0.480 e. The lowest BCUT2D eigenvalue weighted by atomic mass is 9.89. The molecular formula is C16H26N2O2. The fourth-order valence-electron chi connectivity index (χ4n) is 2.45. The van der Waals surface area contributed by atoms with Crippen LogP contribution < -0.4 is 5.32 Å². The number of benzene rings is 1. The summed E-state index contributed by atoms with van der Waals surface area (Å²) in [4.78, 5) is 14.1. The van der Waals surface area contributed by atoms with Gasteiger partial charge in [0, 0.05) is 12.6 Å². The highest BCUT2D eigenvalue weighted by Crippen LogP contribution is 2.24. The van der Waals surface area contributed by atoms with E-state index in [1.165, 1.54) is 0 Å². The molecule has 1 aromatic carbocycles. The number of carboxylic acids is 1. The molecule has 1 atom stereocenters. The Morgan fingerprint density at radius 1 is 1.35 bits per heavy atom. The molecule has 0 aliphatic heterocycles. The van der Waals surface area contributed by atoms with Crippen molar-refractivity contribution in [3.63, 3.8) is 0 Å². The molecule has 0 heterocycles. The molecule has 0 radical (unpaired) electrons. The summed E-state index contributed by atoms with van der Waals surface area (Å²) in [6.07, 6.45) is 1.01. The molecule has 1 aromatic rings. The Morgan fingerprint density at radius 3 is 2.35 bits per heavy atom. The van der Waals surface area contributed by atoms with E-state index in [1.54, 1.807) is 7.05 Å². The lowest BCUT2D eigenvalue weighted by Gasteiger charge is -2.37. The van der Waals surface area contributed by atoms with Crippen LogP contribution >= 0.6 is 0 Å². The van der Waals surface area contributed by atoms with Crippen molar-refractivity contribution in [3.05, 3.63) is 35.9 Å². The fraction of sp³-hybridized carbons (Fsp3) is 0.562. The van der Waals surface area contributed by atoms with Crippen molar-refractivity contribution in [2.24, 2.45) is 0 Å². The second-order valence-electron chi connectivity index (χ2n) is 5.39. The summed E-state index contributed by atoms with van der Waals surface area (Å²) >= 11 is 0. The number of carbonyl (C=O) groups is 1. The molecular weight excluding hydrogens is 252 g/mol. The van der Waals surface area contributed by atoms with Crippen LogP contribution in [0.15, 0.2) is 30.3 Å². The number of hydrogen-bond donors (Lipinski definition) is 2. The maximum absolute atomic E-state index is 11.9.